The zero-order valence-corrected chi connectivity index (χ0v) is 13.1. The minimum atomic E-state index is -0.496. The molecule has 110 valence electrons. The van der Waals surface area contributed by atoms with Crippen molar-refractivity contribution >= 4 is 11.9 Å². The highest BCUT2D eigenvalue weighted by Gasteiger charge is 2.39. The normalized spacial score (nSPS) is 21.2. The van der Waals surface area contributed by atoms with E-state index < -0.39 is 5.60 Å². The van der Waals surface area contributed by atoms with Crippen LogP contribution in [0.4, 0.5) is 4.79 Å². The van der Waals surface area contributed by atoms with Crippen molar-refractivity contribution in [2.75, 3.05) is 7.05 Å². The van der Waals surface area contributed by atoms with Crippen LogP contribution in [0, 0.1) is 5.92 Å². The Kier molecular flexibility index (Phi) is 4.64. The molecule has 0 heterocycles. The van der Waals surface area contributed by atoms with E-state index in [4.69, 9.17) is 4.74 Å². The van der Waals surface area contributed by atoms with Crippen molar-refractivity contribution in [2.24, 2.45) is 5.92 Å². The first-order chi connectivity index (χ1) is 8.54. The number of hydrogen-bond donors (Lipinski definition) is 0. The Bertz CT molecular complexity index is 355. The first-order valence-electron chi connectivity index (χ1n) is 7.02. The minimum absolute atomic E-state index is 0.214. The molecule has 4 heteroatoms. The lowest BCUT2D eigenvalue weighted by molar-refractivity contribution is -0.123. The number of carbonyl (C=O) groups is 2. The quantitative estimate of drug-likeness (QED) is 0.772. The monoisotopic (exact) mass is 269 g/mol. The van der Waals surface area contributed by atoms with Gasteiger partial charge < -0.3 is 9.64 Å². The molecule has 1 unspecified atom stereocenters. The molecular weight excluding hydrogens is 242 g/mol. The predicted octanol–water partition coefficient (Wildman–Crippen LogP) is 3.39. The summed E-state index contributed by atoms with van der Waals surface area (Å²) in [7, 11) is 1.76. The van der Waals surface area contributed by atoms with Crippen LogP contribution in [0.5, 0.6) is 0 Å². The van der Waals surface area contributed by atoms with Crippen molar-refractivity contribution in [1.29, 1.82) is 0 Å². The first-order valence-corrected chi connectivity index (χ1v) is 7.02. The van der Waals surface area contributed by atoms with Crippen LogP contribution >= 0.6 is 0 Å². The molecule has 1 rings (SSSR count). The SMILES string of the molecule is CN(C(=O)OC(C)(C)C)C(C)(C)C1CCCC(=O)C1. The number of ether oxygens (including phenoxy) is 1. The highest BCUT2D eigenvalue weighted by atomic mass is 16.6. The molecule has 1 atom stereocenters. The average molecular weight is 269 g/mol. The van der Waals surface area contributed by atoms with Gasteiger partial charge in [0.2, 0.25) is 0 Å². The third kappa shape index (κ3) is 4.22. The van der Waals surface area contributed by atoms with Gasteiger partial charge in [-0.15, -0.1) is 0 Å². The molecule has 0 saturated heterocycles. The highest BCUT2D eigenvalue weighted by Crippen LogP contribution is 2.34. The minimum Gasteiger partial charge on any atom is -0.444 e. The summed E-state index contributed by atoms with van der Waals surface area (Å²) in [5.74, 6) is 0.521. The van der Waals surface area contributed by atoms with Crippen LogP contribution in [0.25, 0.3) is 0 Å². The van der Waals surface area contributed by atoms with Crippen molar-refractivity contribution < 1.29 is 14.3 Å². The van der Waals surface area contributed by atoms with Gasteiger partial charge in [-0.2, -0.15) is 0 Å². The summed E-state index contributed by atoms with van der Waals surface area (Å²) in [6.45, 7) is 9.60. The molecule has 1 amide bonds. The van der Waals surface area contributed by atoms with E-state index in [1.807, 2.05) is 34.6 Å². The topological polar surface area (TPSA) is 46.6 Å². The fourth-order valence-corrected chi connectivity index (χ4v) is 2.47. The second-order valence-corrected chi connectivity index (χ2v) is 7.02. The van der Waals surface area contributed by atoms with Crippen molar-refractivity contribution in [2.45, 2.75) is 71.4 Å². The van der Waals surface area contributed by atoms with Gasteiger partial charge in [0.1, 0.15) is 11.4 Å². The molecule has 0 aliphatic heterocycles. The van der Waals surface area contributed by atoms with Crippen molar-refractivity contribution in [3.8, 4) is 0 Å². The van der Waals surface area contributed by atoms with E-state index in [0.29, 0.717) is 18.6 Å². The Balaban J connectivity index is 2.75. The van der Waals surface area contributed by atoms with E-state index in [1.54, 1.807) is 11.9 Å². The Morgan fingerprint density at radius 1 is 1.26 bits per heavy atom. The number of Topliss-reactive ketones (excluding diaryl/α,β-unsaturated/α-hetero) is 1. The van der Waals surface area contributed by atoms with E-state index in [-0.39, 0.29) is 17.6 Å². The van der Waals surface area contributed by atoms with Crippen LogP contribution in [-0.4, -0.2) is 35.0 Å². The molecule has 0 bridgehead atoms. The zero-order chi connectivity index (χ0) is 14.8. The smallest absolute Gasteiger partial charge is 0.410 e. The lowest BCUT2D eigenvalue weighted by Gasteiger charge is -2.43. The molecule has 0 radical (unpaired) electrons. The third-order valence-corrected chi connectivity index (χ3v) is 4.01. The lowest BCUT2D eigenvalue weighted by Crippen LogP contribution is -2.52. The predicted molar refractivity (Wildman–Crippen MR) is 75.0 cm³/mol. The number of hydrogen-bond acceptors (Lipinski definition) is 3. The van der Waals surface area contributed by atoms with Gasteiger partial charge in [-0.1, -0.05) is 0 Å². The molecule has 1 saturated carbocycles. The molecule has 1 fully saturated rings. The second kappa shape index (κ2) is 5.51. The molecule has 0 aromatic heterocycles. The van der Waals surface area contributed by atoms with Gasteiger partial charge in [-0.3, -0.25) is 4.79 Å². The molecule has 1 aliphatic carbocycles. The summed E-state index contributed by atoms with van der Waals surface area (Å²) in [6, 6.07) is 0. The van der Waals surface area contributed by atoms with Crippen LogP contribution in [0.1, 0.15) is 60.3 Å². The van der Waals surface area contributed by atoms with Crippen LogP contribution in [0.2, 0.25) is 0 Å². The van der Waals surface area contributed by atoms with Crippen LogP contribution < -0.4 is 0 Å². The molecule has 0 aromatic rings. The van der Waals surface area contributed by atoms with Gasteiger partial charge in [0, 0.05) is 25.4 Å². The van der Waals surface area contributed by atoms with Crippen LogP contribution in [-0.2, 0) is 9.53 Å². The van der Waals surface area contributed by atoms with Crippen molar-refractivity contribution in [1.82, 2.24) is 4.90 Å². The fraction of sp³-hybridized carbons (Fsp3) is 0.867. The van der Waals surface area contributed by atoms with Crippen LogP contribution in [0.3, 0.4) is 0 Å². The maximum absolute atomic E-state index is 12.1. The largest absolute Gasteiger partial charge is 0.444 e. The first kappa shape index (κ1) is 16.0. The lowest BCUT2D eigenvalue weighted by atomic mass is 9.75. The van der Waals surface area contributed by atoms with Gasteiger partial charge in [0.25, 0.3) is 0 Å². The van der Waals surface area contributed by atoms with Gasteiger partial charge in [-0.05, 0) is 53.4 Å². The summed E-state index contributed by atoms with van der Waals surface area (Å²) < 4.78 is 5.41. The highest BCUT2D eigenvalue weighted by molar-refractivity contribution is 5.79. The molecule has 1 aliphatic rings. The maximum Gasteiger partial charge on any atom is 0.410 e. The number of amides is 1. The Labute approximate surface area is 116 Å². The Hall–Kier alpha value is -1.06. The van der Waals surface area contributed by atoms with Crippen molar-refractivity contribution in [3.63, 3.8) is 0 Å². The van der Waals surface area contributed by atoms with E-state index in [1.165, 1.54) is 0 Å². The fourth-order valence-electron chi connectivity index (χ4n) is 2.47. The van der Waals surface area contributed by atoms with Gasteiger partial charge in [-0.25, -0.2) is 4.79 Å². The summed E-state index contributed by atoms with van der Waals surface area (Å²) in [6.07, 6.45) is 2.85. The second-order valence-electron chi connectivity index (χ2n) is 7.02. The van der Waals surface area contributed by atoms with Crippen molar-refractivity contribution in [3.05, 3.63) is 0 Å². The van der Waals surface area contributed by atoms with Gasteiger partial charge in [0.15, 0.2) is 0 Å². The van der Waals surface area contributed by atoms with Gasteiger partial charge in [0.05, 0.1) is 0 Å². The zero-order valence-electron chi connectivity index (χ0n) is 13.1. The Morgan fingerprint density at radius 2 is 1.84 bits per heavy atom. The maximum atomic E-state index is 12.1. The molecule has 0 N–H and O–H groups in total. The summed E-state index contributed by atoms with van der Waals surface area (Å²) >= 11 is 0. The molecule has 0 aromatic carbocycles. The van der Waals surface area contributed by atoms with E-state index in [9.17, 15) is 9.59 Å². The van der Waals surface area contributed by atoms with E-state index in [2.05, 4.69) is 0 Å². The summed E-state index contributed by atoms with van der Waals surface area (Å²) in [5.41, 5.74) is -0.859. The van der Waals surface area contributed by atoms with Gasteiger partial charge >= 0.3 is 6.09 Å². The van der Waals surface area contributed by atoms with E-state index in [0.717, 1.165) is 12.8 Å². The standard InChI is InChI=1S/C15H27NO3/c1-14(2,3)19-13(18)16(6)15(4,5)11-8-7-9-12(17)10-11/h11H,7-10H2,1-6H3. The summed E-state index contributed by atoms with van der Waals surface area (Å²) in [5, 5.41) is 0. The molecular formula is C15H27NO3. The van der Waals surface area contributed by atoms with Crippen LogP contribution in [0.15, 0.2) is 0 Å². The third-order valence-electron chi connectivity index (χ3n) is 4.01. The Morgan fingerprint density at radius 3 is 2.32 bits per heavy atom. The number of ketones is 1. The number of carbonyl (C=O) groups excluding carboxylic acids is 2. The summed E-state index contributed by atoms with van der Waals surface area (Å²) in [4.78, 5) is 25.4. The molecule has 0 spiro atoms. The van der Waals surface area contributed by atoms with E-state index >= 15 is 0 Å². The average Bonchev–Trinajstić information content (AvgIpc) is 2.25. The molecule has 19 heavy (non-hydrogen) atoms. The molecule has 4 nitrogen and oxygen atoms in total. The number of nitrogens with zero attached hydrogens (tertiary/aromatic N) is 1. The number of rotatable bonds is 2.